The van der Waals surface area contributed by atoms with Gasteiger partial charge in [0.05, 0.1) is 10.8 Å². The maximum atomic E-state index is 11.9. The Labute approximate surface area is 109 Å². The summed E-state index contributed by atoms with van der Waals surface area (Å²) in [7, 11) is 0. The number of rotatable bonds is 2. The smallest absolute Gasteiger partial charge is 0.272 e. The number of nitrogens with one attached hydrogen (secondary N) is 3. The predicted octanol–water partition coefficient (Wildman–Crippen LogP) is 0.508. The average Bonchev–Trinajstić information content (AvgIpc) is 2.80. The van der Waals surface area contributed by atoms with E-state index in [0.717, 1.165) is 19.3 Å². The van der Waals surface area contributed by atoms with Gasteiger partial charge in [-0.2, -0.15) is 0 Å². The molecule has 1 saturated carbocycles. The Bertz CT molecular complexity index is 718. The van der Waals surface area contributed by atoms with Gasteiger partial charge in [-0.3, -0.25) is 19.8 Å². The van der Waals surface area contributed by atoms with Crippen LogP contribution in [-0.2, 0) is 0 Å². The van der Waals surface area contributed by atoms with Crippen molar-refractivity contribution in [2.45, 2.75) is 31.3 Å². The summed E-state index contributed by atoms with van der Waals surface area (Å²) in [4.78, 5) is 23.6. The van der Waals surface area contributed by atoms with Gasteiger partial charge in [0.2, 0.25) is 0 Å². The van der Waals surface area contributed by atoms with E-state index < -0.39 is 0 Å². The van der Waals surface area contributed by atoms with Crippen LogP contribution in [0.4, 0.5) is 5.69 Å². The number of aromatic nitrogens is 2. The molecule has 1 aromatic heterocycles. The van der Waals surface area contributed by atoms with E-state index in [1.807, 2.05) is 6.07 Å². The van der Waals surface area contributed by atoms with Crippen LogP contribution in [0.3, 0.4) is 0 Å². The summed E-state index contributed by atoms with van der Waals surface area (Å²) in [6.45, 7) is 0. The summed E-state index contributed by atoms with van der Waals surface area (Å²) < 4.78 is 0. The maximum absolute atomic E-state index is 11.9. The van der Waals surface area contributed by atoms with Crippen LogP contribution in [0.5, 0.6) is 0 Å². The molecule has 0 radical (unpaired) electrons. The number of nitrogens with two attached hydrogens (primary N) is 1. The lowest BCUT2D eigenvalue weighted by Crippen LogP contribution is -2.23. The molecule has 2 aromatic rings. The topological polar surface area (TPSA) is 104 Å². The van der Waals surface area contributed by atoms with Crippen LogP contribution in [0.2, 0.25) is 0 Å². The van der Waals surface area contributed by atoms with Gasteiger partial charge in [-0.1, -0.05) is 6.07 Å². The van der Waals surface area contributed by atoms with E-state index in [0.29, 0.717) is 16.5 Å². The molecule has 5 N–H and O–H groups in total. The Balaban J connectivity index is 2.07. The van der Waals surface area contributed by atoms with Crippen LogP contribution >= 0.6 is 0 Å². The second-order valence-electron chi connectivity index (χ2n) is 5.05. The Morgan fingerprint density at radius 3 is 2.68 bits per heavy atom. The molecule has 0 saturated heterocycles. The van der Waals surface area contributed by atoms with Crippen molar-refractivity contribution < 1.29 is 0 Å². The van der Waals surface area contributed by atoms with Gasteiger partial charge in [0, 0.05) is 17.8 Å². The van der Waals surface area contributed by atoms with Crippen LogP contribution in [0.25, 0.3) is 10.8 Å². The summed E-state index contributed by atoms with van der Waals surface area (Å²) >= 11 is 0. The Kier molecular flexibility index (Phi) is 2.87. The molecular weight excluding hydrogens is 244 g/mol. The zero-order chi connectivity index (χ0) is 13.4. The van der Waals surface area contributed by atoms with Crippen molar-refractivity contribution in [2.75, 3.05) is 5.32 Å². The molecule has 1 fully saturated rings. The van der Waals surface area contributed by atoms with Gasteiger partial charge in [0.15, 0.2) is 0 Å². The number of hydrogen-bond acceptors (Lipinski definition) is 4. The van der Waals surface area contributed by atoms with Gasteiger partial charge in [0.25, 0.3) is 11.1 Å². The van der Waals surface area contributed by atoms with E-state index in [1.54, 1.807) is 12.1 Å². The third-order valence-corrected chi connectivity index (χ3v) is 3.66. The molecule has 3 rings (SSSR count). The molecule has 0 bridgehead atoms. The predicted molar refractivity (Wildman–Crippen MR) is 74.4 cm³/mol. The minimum atomic E-state index is -0.292. The zero-order valence-electron chi connectivity index (χ0n) is 10.4. The first-order valence-electron chi connectivity index (χ1n) is 6.41. The monoisotopic (exact) mass is 260 g/mol. The van der Waals surface area contributed by atoms with E-state index in [2.05, 4.69) is 15.5 Å². The fraction of sp³-hybridized carbons (Fsp3) is 0.385. The quantitative estimate of drug-likeness (QED) is 0.631. The van der Waals surface area contributed by atoms with E-state index in [1.165, 1.54) is 0 Å². The van der Waals surface area contributed by atoms with E-state index in [9.17, 15) is 9.59 Å². The van der Waals surface area contributed by atoms with E-state index in [4.69, 9.17) is 5.73 Å². The molecule has 0 amide bonds. The Hall–Kier alpha value is -2.08. The largest absolute Gasteiger partial charge is 0.382 e. The van der Waals surface area contributed by atoms with Crippen LogP contribution in [0, 0.1) is 0 Å². The third kappa shape index (κ3) is 2.15. The fourth-order valence-electron chi connectivity index (χ4n) is 2.72. The molecule has 6 nitrogen and oxygen atoms in total. The van der Waals surface area contributed by atoms with Gasteiger partial charge >= 0.3 is 0 Å². The lowest BCUT2D eigenvalue weighted by Gasteiger charge is -2.15. The van der Waals surface area contributed by atoms with Crippen molar-refractivity contribution in [3.8, 4) is 0 Å². The lowest BCUT2D eigenvalue weighted by atomic mass is 10.1. The number of hydrogen-bond donors (Lipinski definition) is 4. The number of aromatic amines is 2. The second-order valence-corrected chi connectivity index (χ2v) is 5.05. The third-order valence-electron chi connectivity index (χ3n) is 3.66. The van der Waals surface area contributed by atoms with Crippen LogP contribution < -0.4 is 22.2 Å². The SMILES string of the molecule is NC1CCC(Nc2cccc3c(=O)[nH][nH]c(=O)c23)C1. The van der Waals surface area contributed by atoms with Crippen LogP contribution in [-0.4, -0.2) is 22.3 Å². The average molecular weight is 260 g/mol. The zero-order valence-corrected chi connectivity index (χ0v) is 10.4. The molecule has 100 valence electrons. The minimum Gasteiger partial charge on any atom is -0.382 e. The molecule has 1 aromatic carbocycles. The molecule has 0 aliphatic heterocycles. The molecule has 1 aliphatic carbocycles. The van der Waals surface area contributed by atoms with E-state index >= 15 is 0 Å². The highest BCUT2D eigenvalue weighted by Crippen LogP contribution is 2.24. The molecule has 2 unspecified atom stereocenters. The number of benzene rings is 1. The van der Waals surface area contributed by atoms with Gasteiger partial charge < -0.3 is 11.1 Å². The van der Waals surface area contributed by atoms with Crippen molar-refractivity contribution in [3.63, 3.8) is 0 Å². The maximum Gasteiger partial charge on any atom is 0.272 e. The summed E-state index contributed by atoms with van der Waals surface area (Å²) in [6, 6.07) is 5.72. The molecule has 1 heterocycles. The first-order chi connectivity index (χ1) is 9.15. The first-order valence-corrected chi connectivity index (χ1v) is 6.41. The number of anilines is 1. The molecular formula is C13H16N4O2. The van der Waals surface area contributed by atoms with Gasteiger partial charge in [-0.25, -0.2) is 0 Å². The second kappa shape index (κ2) is 4.55. The van der Waals surface area contributed by atoms with E-state index in [-0.39, 0.29) is 23.2 Å². The molecule has 6 heteroatoms. The summed E-state index contributed by atoms with van der Waals surface area (Å²) in [5.74, 6) is 0. The lowest BCUT2D eigenvalue weighted by molar-refractivity contribution is 0.688. The summed E-state index contributed by atoms with van der Waals surface area (Å²) in [5.41, 5.74) is 6.00. The Morgan fingerprint density at radius 2 is 1.95 bits per heavy atom. The van der Waals surface area contributed by atoms with Crippen molar-refractivity contribution in [1.82, 2.24) is 10.2 Å². The first kappa shape index (κ1) is 12.0. The molecule has 2 atom stereocenters. The summed E-state index contributed by atoms with van der Waals surface area (Å²) in [5, 5.41) is 8.83. The molecule has 1 aliphatic rings. The highest BCUT2D eigenvalue weighted by molar-refractivity contribution is 5.92. The normalized spacial score (nSPS) is 22.8. The summed E-state index contributed by atoms with van der Waals surface area (Å²) in [6.07, 6.45) is 2.86. The molecule has 19 heavy (non-hydrogen) atoms. The van der Waals surface area contributed by atoms with Crippen molar-refractivity contribution in [3.05, 3.63) is 38.9 Å². The van der Waals surface area contributed by atoms with Crippen LogP contribution in [0.1, 0.15) is 19.3 Å². The standard InChI is InChI=1S/C13H16N4O2/c14-7-4-5-8(6-7)15-10-3-1-2-9-11(10)13(19)17-16-12(9)18/h1-3,7-8,15H,4-6,14H2,(H,16,18)(H,17,19). The molecule has 0 spiro atoms. The van der Waals surface area contributed by atoms with Crippen molar-refractivity contribution in [1.29, 1.82) is 0 Å². The number of H-pyrrole nitrogens is 2. The van der Waals surface area contributed by atoms with Gasteiger partial charge in [0.1, 0.15) is 0 Å². The highest BCUT2D eigenvalue weighted by atomic mass is 16.1. The van der Waals surface area contributed by atoms with Gasteiger partial charge in [-0.05, 0) is 31.4 Å². The van der Waals surface area contributed by atoms with Gasteiger partial charge in [-0.15, -0.1) is 0 Å². The minimum absolute atomic E-state index is 0.217. The highest BCUT2D eigenvalue weighted by Gasteiger charge is 2.22. The number of fused-ring (bicyclic) bond motifs is 1. The van der Waals surface area contributed by atoms with Crippen molar-refractivity contribution in [2.24, 2.45) is 5.73 Å². The Morgan fingerprint density at radius 1 is 1.16 bits per heavy atom. The fourth-order valence-corrected chi connectivity index (χ4v) is 2.72. The van der Waals surface area contributed by atoms with Crippen molar-refractivity contribution >= 4 is 16.5 Å². The van der Waals surface area contributed by atoms with Crippen LogP contribution in [0.15, 0.2) is 27.8 Å².